The Labute approximate surface area is 183 Å². The molecule has 2 N–H and O–H groups in total. The Hall–Kier alpha value is -2.36. The Morgan fingerprint density at radius 3 is 2.48 bits per heavy atom. The minimum absolute atomic E-state index is 0.100. The maximum Gasteiger partial charge on any atom is 0.162 e. The molecule has 2 heterocycles. The number of Topliss-reactive ketones (excluding diaryl/α,β-unsaturated/α-hetero) is 1. The van der Waals surface area contributed by atoms with E-state index in [1.807, 2.05) is 48.2 Å². The molecule has 1 aliphatic heterocycles. The number of halogens is 1. The second-order valence-corrected chi connectivity index (χ2v) is 11.0. The second-order valence-electron chi connectivity index (χ2n) is 8.46. The van der Waals surface area contributed by atoms with Crippen LogP contribution in [-0.2, 0) is 4.79 Å². The summed E-state index contributed by atoms with van der Waals surface area (Å²) in [4.78, 5) is 16.3. The largest absolute Gasteiger partial charge is 0.384 e. The van der Waals surface area contributed by atoms with E-state index in [-0.39, 0.29) is 11.2 Å². The van der Waals surface area contributed by atoms with Crippen molar-refractivity contribution >= 4 is 38.7 Å². The predicted octanol–water partition coefficient (Wildman–Crippen LogP) is 5.76. The highest BCUT2D eigenvalue weighted by atomic mass is 79.9. The number of carbonyl (C=O) groups is 1. The summed E-state index contributed by atoms with van der Waals surface area (Å²) in [7, 11) is 0. The summed E-state index contributed by atoms with van der Waals surface area (Å²) in [6.45, 7) is 6.25. The summed E-state index contributed by atoms with van der Waals surface area (Å²) in [6.07, 6.45) is 1.19. The minimum atomic E-state index is -0.406. The Balaban J connectivity index is 1.99. The average Bonchev–Trinajstić information content (AvgIpc) is 3.07. The number of rotatable bonds is 2. The zero-order valence-electron chi connectivity index (χ0n) is 16.6. The third-order valence-electron chi connectivity index (χ3n) is 5.55. The van der Waals surface area contributed by atoms with Gasteiger partial charge >= 0.3 is 0 Å². The summed E-state index contributed by atoms with van der Waals surface area (Å²) in [6, 6.07) is 14.3. The second kappa shape index (κ2) is 7.16. The van der Waals surface area contributed by atoms with Gasteiger partial charge in [-0.3, -0.25) is 9.69 Å². The molecule has 0 fully saturated rings. The number of hydrogen-bond donors (Lipinski definition) is 1. The smallest absolute Gasteiger partial charge is 0.162 e. The first-order chi connectivity index (χ1) is 13.7. The van der Waals surface area contributed by atoms with E-state index in [4.69, 9.17) is 5.73 Å². The van der Waals surface area contributed by atoms with Crippen LogP contribution in [-0.4, -0.2) is 5.78 Å². The van der Waals surface area contributed by atoms with Gasteiger partial charge in [-0.05, 0) is 59.0 Å². The highest BCUT2D eigenvalue weighted by Gasteiger charge is 2.45. The first kappa shape index (κ1) is 19.9. The van der Waals surface area contributed by atoms with Crippen LogP contribution in [0.5, 0.6) is 0 Å². The standard InChI is InChI=1S/C23H22BrN3OS/c1-13-4-6-14(7-5-13)27-16-10-23(2,3)11-17(28)21(16)20(15(12-25)22(27)26)18-8-9-19(24)29-18/h4-9,20H,10-11,26H2,1-3H3. The van der Waals surface area contributed by atoms with Crippen LogP contribution < -0.4 is 10.6 Å². The van der Waals surface area contributed by atoms with Crippen molar-refractivity contribution in [1.29, 1.82) is 5.26 Å². The molecule has 4 nitrogen and oxygen atoms in total. The van der Waals surface area contributed by atoms with E-state index in [9.17, 15) is 10.1 Å². The van der Waals surface area contributed by atoms with E-state index < -0.39 is 5.92 Å². The molecule has 0 saturated heterocycles. The molecule has 2 aliphatic rings. The van der Waals surface area contributed by atoms with E-state index in [0.29, 0.717) is 23.4 Å². The highest BCUT2D eigenvalue weighted by Crippen LogP contribution is 2.51. The molecule has 0 amide bonds. The van der Waals surface area contributed by atoms with Gasteiger partial charge in [-0.15, -0.1) is 11.3 Å². The van der Waals surface area contributed by atoms with Crippen LogP contribution in [0.4, 0.5) is 5.69 Å². The predicted molar refractivity (Wildman–Crippen MR) is 120 cm³/mol. The van der Waals surface area contributed by atoms with Gasteiger partial charge in [0.15, 0.2) is 5.78 Å². The van der Waals surface area contributed by atoms with Gasteiger partial charge in [0.25, 0.3) is 0 Å². The Kier molecular flexibility index (Phi) is 4.92. The van der Waals surface area contributed by atoms with Crippen molar-refractivity contribution in [2.24, 2.45) is 11.1 Å². The van der Waals surface area contributed by atoms with Gasteiger partial charge in [-0.2, -0.15) is 5.26 Å². The number of thiophene rings is 1. The molecule has 0 spiro atoms. The van der Waals surface area contributed by atoms with Crippen molar-refractivity contribution in [3.05, 3.63) is 73.3 Å². The lowest BCUT2D eigenvalue weighted by atomic mass is 9.69. The fourth-order valence-corrected chi connectivity index (χ4v) is 5.81. The molecule has 148 valence electrons. The zero-order chi connectivity index (χ0) is 20.9. The molecule has 29 heavy (non-hydrogen) atoms. The maximum atomic E-state index is 13.4. The van der Waals surface area contributed by atoms with E-state index in [0.717, 1.165) is 32.0 Å². The third kappa shape index (κ3) is 3.43. The Bertz CT molecular complexity index is 1100. The molecule has 6 heteroatoms. The number of carbonyl (C=O) groups excluding carboxylic acids is 1. The van der Waals surface area contributed by atoms with Crippen LogP contribution in [0.2, 0.25) is 0 Å². The molecular weight excluding hydrogens is 446 g/mol. The van der Waals surface area contributed by atoms with Crippen molar-refractivity contribution in [3.63, 3.8) is 0 Å². The molecule has 4 rings (SSSR count). The van der Waals surface area contributed by atoms with Crippen molar-refractivity contribution in [3.8, 4) is 6.07 Å². The third-order valence-corrected chi connectivity index (χ3v) is 7.24. The summed E-state index contributed by atoms with van der Waals surface area (Å²) >= 11 is 5.05. The van der Waals surface area contributed by atoms with Gasteiger partial charge in [-0.25, -0.2) is 0 Å². The summed E-state index contributed by atoms with van der Waals surface area (Å²) in [5, 5.41) is 10.0. The van der Waals surface area contributed by atoms with Crippen LogP contribution in [0.15, 0.2) is 62.8 Å². The fourth-order valence-electron chi connectivity index (χ4n) is 4.27. The quantitative estimate of drug-likeness (QED) is 0.609. The molecule has 0 saturated carbocycles. The minimum Gasteiger partial charge on any atom is -0.384 e. The van der Waals surface area contributed by atoms with Gasteiger partial charge in [0.2, 0.25) is 0 Å². The maximum absolute atomic E-state index is 13.4. The summed E-state index contributed by atoms with van der Waals surface area (Å²) in [5.74, 6) is 0.106. The summed E-state index contributed by atoms with van der Waals surface area (Å²) < 4.78 is 0.968. The average molecular weight is 468 g/mol. The van der Waals surface area contributed by atoms with E-state index in [1.165, 1.54) is 0 Å². The number of anilines is 1. The zero-order valence-corrected chi connectivity index (χ0v) is 19.0. The number of hydrogen-bond acceptors (Lipinski definition) is 5. The van der Waals surface area contributed by atoms with E-state index in [2.05, 4.69) is 35.8 Å². The number of ketones is 1. The lowest BCUT2D eigenvalue weighted by Gasteiger charge is -2.43. The molecule has 1 atom stereocenters. The van der Waals surface area contributed by atoms with Crippen molar-refractivity contribution < 1.29 is 4.79 Å². The Morgan fingerprint density at radius 1 is 1.21 bits per heavy atom. The number of nitrogens with zero attached hydrogens (tertiary/aromatic N) is 2. The molecule has 0 radical (unpaired) electrons. The van der Waals surface area contributed by atoms with Crippen molar-refractivity contribution in [2.45, 2.75) is 39.5 Å². The van der Waals surface area contributed by atoms with Crippen LogP contribution in [0.25, 0.3) is 0 Å². The van der Waals surface area contributed by atoms with Gasteiger partial charge in [0, 0.05) is 28.3 Å². The molecule has 2 aromatic rings. The summed E-state index contributed by atoms with van der Waals surface area (Å²) in [5.41, 5.74) is 10.5. The molecule has 0 bridgehead atoms. The van der Waals surface area contributed by atoms with Gasteiger partial charge in [0.1, 0.15) is 5.82 Å². The number of nitriles is 1. The van der Waals surface area contributed by atoms with Gasteiger partial charge in [0.05, 0.1) is 21.3 Å². The number of allylic oxidation sites excluding steroid dienone is 3. The van der Waals surface area contributed by atoms with Crippen molar-refractivity contribution in [2.75, 3.05) is 4.90 Å². The Morgan fingerprint density at radius 2 is 1.90 bits per heavy atom. The van der Waals surface area contributed by atoms with Crippen LogP contribution in [0, 0.1) is 23.7 Å². The van der Waals surface area contributed by atoms with E-state index >= 15 is 0 Å². The molecule has 1 aromatic heterocycles. The van der Waals surface area contributed by atoms with E-state index in [1.54, 1.807) is 11.3 Å². The fraction of sp³-hybridized carbons (Fsp3) is 0.304. The lowest BCUT2D eigenvalue weighted by Crippen LogP contribution is -2.42. The number of nitrogens with two attached hydrogens (primary N) is 1. The molecule has 1 aromatic carbocycles. The first-order valence-electron chi connectivity index (χ1n) is 9.50. The van der Waals surface area contributed by atoms with Gasteiger partial charge in [-0.1, -0.05) is 31.5 Å². The van der Waals surface area contributed by atoms with Crippen LogP contribution in [0.3, 0.4) is 0 Å². The normalized spacial score (nSPS) is 21.3. The molecular formula is C23H22BrN3OS. The number of aryl methyl sites for hydroxylation is 1. The SMILES string of the molecule is Cc1ccc(N2C(N)=C(C#N)C(c3ccc(Br)s3)C3=C2CC(C)(C)CC3=O)cc1. The van der Waals surface area contributed by atoms with Gasteiger partial charge < -0.3 is 5.73 Å². The topological polar surface area (TPSA) is 70.1 Å². The first-order valence-corrected chi connectivity index (χ1v) is 11.1. The van der Waals surface area contributed by atoms with Crippen LogP contribution in [0.1, 0.15) is 43.0 Å². The molecule has 1 aliphatic carbocycles. The van der Waals surface area contributed by atoms with Crippen LogP contribution >= 0.6 is 27.3 Å². The van der Waals surface area contributed by atoms with Crippen molar-refractivity contribution in [1.82, 2.24) is 0 Å². The highest BCUT2D eigenvalue weighted by molar-refractivity contribution is 9.11. The lowest BCUT2D eigenvalue weighted by molar-refractivity contribution is -0.118. The number of benzene rings is 1. The molecule has 1 unspecified atom stereocenters. The monoisotopic (exact) mass is 467 g/mol.